The summed E-state index contributed by atoms with van der Waals surface area (Å²) in [6.45, 7) is 7.58. The summed E-state index contributed by atoms with van der Waals surface area (Å²) >= 11 is 0. The highest BCUT2D eigenvalue weighted by atomic mass is 16.5. The first-order valence-corrected chi connectivity index (χ1v) is 9.85. The van der Waals surface area contributed by atoms with Gasteiger partial charge in [0.1, 0.15) is 12.3 Å². The van der Waals surface area contributed by atoms with Crippen LogP contribution in [0.4, 0.5) is 5.69 Å². The van der Waals surface area contributed by atoms with Gasteiger partial charge in [0.05, 0.1) is 12.6 Å². The monoisotopic (exact) mass is 393 g/mol. The lowest BCUT2D eigenvalue weighted by atomic mass is 10.2. The van der Waals surface area contributed by atoms with Gasteiger partial charge in [0.25, 0.3) is 5.91 Å². The second-order valence-electron chi connectivity index (χ2n) is 6.58. The molecule has 0 fully saturated rings. The number of ether oxygens (including phenoxy) is 2. The zero-order valence-corrected chi connectivity index (χ0v) is 17.1. The number of methoxy groups -OCH3 is 1. The van der Waals surface area contributed by atoms with E-state index in [-0.39, 0.29) is 5.91 Å². The molecule has 29 heavy (non-hydrogen) atoms. The zero-order chi connectivity index (χ0) is 20.6. The fourth-order valence-corrected chi connectivity index (χ4v) is 3.08. The average molecular weight is 393 g/mol. The highest BCUT2D eigenvalue weighted by Crippen LogP contribution is 2.30. The van der Waals surface area contributed by atoms with Crippen molar-refractivity contribution in [1.29, 1.82) is 0 Å². The number of carbonyl (C=O) groups excluding carboxylic acids is 1. The first-order chi connectivity index (χ1) is 14.1. The number of rotatable bonds is 9. The van der Waals surface area contributed by atoms with Gasteiger partial charge in [-0.05, 0) is 37.4 Å². The number of nitrogens with zero attached hydrogens (tertiary/aromatic N) is 2. The number of para-hydroxylation sites is 1. The highest BCUT2D eigenvalue weighted by molar-refractivity contribution is 6.04. The van der Waals surface area contributed by atoms with E-state index < -0.39 is 0 Å². The van der Waals surface area contributed by atoms with Crippen LogP contribution in [0, 0.1) is 0 Å². The number of aromatic nitrogens is 1. The molecule has 1 N–H and O–H groups in total. The molecule has 1 aromatic heterocycles. The van der Waals surface area contributed by atoms with Crippen molar-refractivity contribution in [3.05, 3.63) is 60.3 Å². The van der Waals surface area contributed by atoms with Crippen molar-refractivity contribution in [2.24, 2.45) is 0 Å². The number of amides is 1. The first kappa shape index (κ1) is 20.6. The van der Waals surface area contributed by atoms with Gasteiger partial charge in [-0.15, -0.1) is 0 Å². The third-order valence-corrected chi connectivity index (χ3v) is 4.81. The zero-order valence-electron chi connectivity index (χ0n) is 17.1. The summed E-state index contributed by atoms with van der Waals surface area (Å²) in [7, 11) is 1.60. The van der Waals surface area contributed by atoms with Crippen molar-refractivity contribution >= 4 is 22.5 Å². The fraction of sp³-hybridized carbons (Fsp3) is 0.304. The third kappa shape index (κ3) is 5.23. The Morgan fingerprint density at radius 3 is 2.59 bits per heavy atom. The molecule has 0 bridgehead atoms. The molecule has 3 rings (SSSR count). The predicted molar refractivity (Wildman–Crippen MR) is 116 cm³/mol. The minimum Gasteiger partial charge on any atom is -0.493 e. The number of likely N-dealkylation sites (N-methyl/N-ethyl adjacent to an activating group) is 1. The van der Waals surface area contributed by atoms with Gasteiger partial charge in [-0.1, -0.05) is 38.1 Å². The van der Waals surface area contributed by atoms with Crippen LogP contribution >= 0.6 is 0 Å². The van der Waals surface area contributed by atoms with Gasteiger partial charge in [-0.3, -0.25) is 4.79 Å². The van der Waals surface area contributed by atoms with Crippen LogP contribution in [-0.2, 0) is 0 Å². The van der Waals surface area contributed by atoms with Crippen LogP contribution in [0.15, 0.2) is 54.6 Å². The lowest BCUT2D eigenvalue weighted by Crippen LogP contribution is -2.28. The van der Waals surface area contributed by atoms with Gasteiger partial charge in [-0.2, -0.15) is 0 Å². The lowest BCUT2D eigenvalue weighted by Gasteiger charge is -2.19. The van der Waals surface area contributed by atoms with Crippen molar-refractivity contribution in [2.45, 2.75) is 13.8 Å². The molecule has 0 aliphatic heterocycles. The van der Waals surface area contributed by atoms with Gasteiger partial charge in [0, 0.05) is 23.7 Å². The van der Waals surface area contributed by atoms with Gasteiger partial charge >= 0.3 is 0 Å². The number of pyridine rings is 1. The lowest BCUT2D eigenvalue weighted by molar-refractivity contribution is 0.102. The molecule has 6 heteroatoms. The van der Waals surface area contributed by atoms with E-state index in [0.29, 0.717) is 29.5 Å². The van der Waals surface area contributed by atoms with Gasteiger partial charge in [0.15, 0.2) is 11.5 Å². The number of anilines is 1. The molecule has 0 spiro atoms. The highest BCUT2D eigenvalue weighted by Gasteiger charge is 2.12. The van der Waals surface area contributed by atoms with E-state index in [1.165, 1.54) is 0 Å². The Hall–Kier alpha value is -3.12. The molecule has 0 unspecified atom stereocenters. The minimum atomic E-state index is -0.269. The van der Waals surface area contributed by atoms with Crippen molar-refractivity contribution in [1.82, 2.24) is 9.88 Å². The topological polar surface area (TPSA) is 63.7 Å². The molecule has 1 amide bonds. The standard InChI is InChI=1S/C23H27N3O3/c1-4-26(5-2)14-15-29-22-16-18(11-13-21(22)28-3)24-23(27)20-12-10-17-8-6-7-9-19(17)25-20/h6-13,16H,4-5,14-15H2,1-3H3,(H,24,27). The smallest absolute Gasteiger partial charge is 0.274 e. The van der Waals surface area contributed by atoms with Crippen molar-refractivity contribution in [3.63, 3.8) is 0 Å². The van der Waals surface area contributed by atoms with E-state index in [2.05, 4.69) is 29.0 Å². The summed E-state index contributed by atoms with van der Waals surface area (Å²) in [5.74, 6) is 0.963. The maximum atomic E-state index is 12.7. The van der Waals surface area contributed by atoms with E-state index in [9.17, 15) is 4.79 Å². The number of carbonyl (C=O) groups is 1. The average Bonchev–Trinajstić information content (AvgIpc) is 2.76. The SMILES string of the molecule is CCN(CC)CCOc1cc(NC(=O)c2ccc3ccccc3n2)ccc1OC. The van der Waals surface area contributed by atoms with Crippen LogP contribution in [0.2, 0.25) is 0 Å². The van der Waals surface area contributed by atoms with Crippen LogP contribution in [0.1, 0.15) is 24.3 Å². The van der Waals surface area contributed by atoms with Crippen molar-refractivity contribution in [2.75, 3.05) is 38.7 Å². The summed E-state index contributed by atoms with van der Waals surface area (Å²) in [4.78, 5) is 19.4. The molecule has 0 aliphatic rings. The molecule has 152 valence electrons. The molecule has 0 radical (unpaired) electrons. The van der Waals surface area contributed by atoms with Crippen LogP contribution in [-0.4, -0.2) is 49.1 Å². The molecule has 0 atom stereocenters. The Balaban J connectivity index is 1.71. The normalized spacial score (nSPS) is 10.9. The van der Waals surface area contributed by atoms with Crippen LogP contribution in [0.5, 0.6) is 11.5 Å². The van der Waals surface area contributed by atoms with E-state index >= 15 is 0 Å². The summed E-state index contributed by atoms with van der Waals surface area (Å²) in [6, 6.07) is 16.7. The van der Waals surface area contributed by atoms with Crippen LogP contribution in [0.25, 0.3) is 10.9 Å². The Kier molecular flexibility index (Phi) is 7.03. The molecular formula is C23H27N3O3. The fourth-order valence-electron chi connectivity index (χ4n) is 3.08. The Morgan fingerprint density at radius 2 is 1.83 bits per heavy atom. The predicted octanol–water partition coefficient (Wildman–Crippen LogP) is 4.22. The van der Waals surface area contributed by atoms with Crippen LogP contribution < -0.4 is 14.8 Å². The van der Waals surface area contributed by atoms with E-state index in [4.69, 9.17) is 9.47 Å². The summed E-state index contributed by atoms with van der Waals surface area (Å²) in [5, 5.41) is 3.89. The van der Waals surface area contributed by atoms with E-state index in [1.54, 1.807) is 31.4 Å². The number of fused-ring (bicyclic) bond motifs is 1. The second-order valence-corrected chi connectivity index (χ2v) is 6.58. The van der Waals surface area contributed by atoms with Crippen molar-refractivity contribution in [3.8, 4) is 11.5 Å². The first-order valence-electron chi connectivity index (χ1n) is 9.85. The molecule has 1 heterocycles. The van der Waals surface area contributed by atoms with Crippen molar-refractivity contribution < 1.29 is 14.3 Å². The van der Waals surface area contributed by atoms with Gasteiger partial charge in [-0.25, -0.2) is 4.98 Å². The molecule has 3 aromatic rings. The largest absolute Gasteiger partial charge is 0.493 e. The molecule has 6 nitrogen and oxygen atoms in total. The number of nitrogens with one attached hydrogen (secondary N) is 1. The van der Waals surface area contributed by atoms with E-state index in [0.717, 1.165) is 30.5 Å². The van der Waals surface area contributed by atoms with E-state index in [1.807, 2.05) is 30.3 Å². The summed E-state index contributed by atoms with van der Waals surface area (Å²) in [6.07, 6.45) is 0. The number of hydrogen-bond donors (Lipinski definition) is 1. The Bertz CT molecular complexity index is 970. The summed E-state index contributed by atoms with van der Waals surface area (Å²) in [5.41, 5.74) is 1.78. The Morgan fingerprint density at radius 1 is 1.03 bits per heavy atom. The molecule has 0 aliphatic carbocycles. The quantitative estimate of drug-likeness (QED) is 0.590. The number of benzene rings is 2. The minimum absolute atomic E-state index is 0.269. The van der Waals surface area contributed by atoms with Gasteiger partial charge < -0.3 is 19.7 Å². The maximum Gasteiger partial charge on any atom is 0.274 e. The maximum absolute atomic E-state index is 12.7. The Labute approximate surface area is 171 Å². The second kappa shape index (κ2) is 9.89. The molecule has 0 saturated heterocycles. The molecule has 0 saturated carbocycles. The molecular weight excluding hydrogens is 366 g/mol. The molecule has 2 aromatic carbocycles. The third-order valence-electron chi connectivity index (χ3n) is 4.81. The van der Waals surface area contributed by atoms with Gasteiger partial charge in [0.2, 0.25) is 0 Å². The number of hydrogen-bond acceptors (Lipinski definition) is 5. The van der Waals surface area contributed by atoms with Crippen LogP contribution in [0.3, 0.4) is 0 Å². The summed E-state index contributed by atoms with van der Waals surface area (Å²) < 4.78 is 11.3.